The average molecular weight is 855 g/mol. The first-order valence-corrected chi connectivity index (χ1v) is 24.5. The van der Waals surface area contributed by atoms with Gasteiger partial charge in [-0.05, 0) is 145 Å². The van der Waals surface area contributed by atoms with Gasteiger partial charge in [0.15, 0.2) is 7.28 Å². The maximum absolute atomic E-state index is 3.93. The molecule has 0 saturated heterocycles. The zero-order valence-corrected chi connectivity index (χ0v) is 39.9. The number of para-hydroxylation sites is 1. The highest BCUT2D eigenvalue weighted by atomic mass is 15.0. The van der Waals surface area contributed by atoms with Crippen molar-refractivity contribution < 1.29 is 0 Å². The lowest BCUT2D eigenvalue weighted by Gasteiger charge is -2.28. The summed E-state index contributed by atoms with van der Waals surface area (Å²) in [5, 5.41) is 6.60. The molecule has 66 heavy (non-hydrogen) atoms. The Morgan fingerprint density at radius 2 is 1.21 bits per heavy atom. The van der Waals surface area contributed by atoms with Crippen LogP contribution in [-0.4, -0.2) is 11.8 Å². The van der Waals surface area contributed by atoms with E-state index in [-0.39, 0.29) is 16.2 Å². The molecule has 0 radical (unpaired) electrons. The van der Waals surface area contributed by atoms with Crippen LogP contribution in [0.1, 0.15) is 108 Å². The lowest BCUT2D eigenvalue weighted by atomic mass is 9.58. The molecule has 0 fully saturated rings. The van der Waals surface area contributed by atoms with Crippen LogP contribution in [0.15, 0.2) is 152 Å². The van der Waals surface area contributed by atoms with Crippen LogP contribution in [0.25, 0.3) is 72.0 Å². The van der Waals surface area contributed by atoms with Crippen LogP contribution in [0.2, 0.25) is 0 Å². The van der Waals surface area contributed by atoms with Crippen LogP contribution < -0.4 is 16.2 Å². The van der Waals surface area contributed by atoms with Crippen molar-refractivity contribution in [1.82, 2.24) is 4.57 Å². The van der Waals surface area contributed by atoms with E-state index < -0.39 is 0 Å². The second-order valence-corrected chi connectivity index (χ2v) is 21.6. The van der Waals surface area contributed by atoms with Gasteiger partial charge in [0, 0.05) is 49.7 Å². The average Bonchev–Trinajstić information content (AvgIpc) is 3.86. The maximum Gasteiger partial charge on any atom is 0.198 e. The largest absolute Gasteiger partial charge is 0.355 e. The maximum atomic E-state index is 3.93. The molecule has 3 aliphatic rings. The Bertz CT molecular complexity index is 3460. The quantitative estimate of drug-likeness (QED) is 0.119. The molecule has 0 spiro atoms. The van der Waals surface area contributed by atoms with Gasteiger partial charge in [-0.15, -0.1) is 0 Å². The molecule has 9 aromatic rings. The summed E-state index contributed by atoms with van der Waals surface area (Å²) in [6.07, 6.45) is 4.87. The third-order valence-electron chi connectivity index (χ3n) is 15.8. The van der Waals surface area contributed by atoms with Crippen LogP contribution in [0.3, 0.4) is 0 Å². The molecule has 12 rings (SSSR count). The molecule has 2 nitrogen and oxygen atoms in total. The van der Waals surface area contributed by atoms with Gasteiger partial charge in [-0.25, -0.2) is 0 Å². The number of aromatic nitrogens is 1. The molecule has 2 heterocycles. The monoisotopic (exact) mass is 854 g/mol. The Morgan fingerprint density at radius 3 is 1.92 bits per heavy atom. The molecule has 1 aliphatic heterocycles. The smallest absolute Gasteiger partial charge is 0.198 e. The predicted molar refractivity (Wildman–Crippen MR) is 285 cm³/mol. The first-order chi connectivity index (χ1) is 31.8. The molecule has 3 heteroatoms. The lowest BCUT2D eigenvalue weighted by molar-refractivity contribution is 0.591. The van der Waals surface area contributed by atoms with E-state index in [2.05, 4.69) is 217 Å². The Balaban J connectivity index is 1.15. The van der Waals surface area contributed by atoms with E-state index in [4.69, 9.17) is 0 Å². The summed E-state index contributed by atoms with van der Waals surface area (Å²) >= 11 is 0. The van der Waals surface area contributed by atoms with Gasteiger partial charge in [0.05, 0.1) is 5.52 Å². The summed E-state index contributed by atoms with van der Waals surface area (Å²) in [7, 11) is 0.844. The van der Waals surface area contributed by atoms with Crippen molar-refractivity contribution in [2.75, 3.05) is 5.32 Å². The van der Waals surface area contributed by atoms with Crippen molar-refractivity contribution >= 4 is 51.4 Å². The van der Waals surface area contributed by atoms with E-state index in [9.17, 15) is 0 Å². The van der Waals surface area contributed by atoms with Gasteiger partial charge in [-0.1, -0.05) is 177 Å². The molecule has 2 aliphatic carbocycles. The lowest BCUT2D eigenvalue weighted by Crippen LogP contribution is -2.38. The van der Waals surface area contributed by atoms with Crippen molar-refractivity contribution in [3.05, 3.63) is 185 Å². The second-order valence-electron chi connectivity index (χ2n) is 21.6. The van der Waals surface area contributed by atoms with Gasteiger partial charge >= 0.3 is 0 Å². The number of aryl methyl sites for hydroxylation is 1. The number of hydrogen-bond donors (Lipinski definition) is 1. The first kappa shape index (κ1) is 40.9. The highest BCUT2D eigenvalue weighted by molar-refractivity contribution is 6.73. The summed E-state index contributed by atoms with van der Waals surface area (Å²) in [6, 6.07) is 58.6. The minimum atomic E-state index is -0.117. The number of fused-ring (bicyclic) bond motifs is 11. The van der Waals surface area contributed by atoms with Gasteiger partial charge in [-0.2, -0.15) is 0 Å². The van der Waals surface area contributed by atoms with Gasteiger partial charge in [0.1, 0.15) is 0 Å². The fraction of sp³-hybridized carbons (Fsp3) is 0.238. The van der Waals surface area contributed by atoms with Gasteiger partial charge in [0.25, 0.3) is 0 Å². The molecule has 0 unspecified atom stereocenters. The zero-order valence-electron chi connectivity index (χ0n) is 39.9. The third kappa shape index (κ3) is 6.08. The van der Waals surface area contributed by atoms with Gasteiger partial charge in [-0.3, -0.25) is 0 Å². The molecule has 0 amide bonds. The normalized spacial score (nSPS) is 14.7. The molecule has 0 atom stereocenters. The highest BCUT2D eigenvalue weighted by Gasteiger charge is 2.39. The van der Waals surface area contributed by atoms with E-state index in [1.165, 1.54) is 136 Å². The third-order valence-corrected chi connectivity index (χ3v) is 15.8. The number of rotatable bonds is 8. The fourth-order valence-corrected chi connectivity index (χ4v) is 12.2. The van der Waals surface area contributed by atoms with E-state index in [1.54, 1.807) is 0 Å². The second kappa shape index (κ2) is 14.7. The van der Waals surface area contributed by atoms with Crippen LogP contribution in [0, 0.1) is 0 Å². The number of hydrogen-bond acceptors (Lipinski definition) is 1. The SMILES string of the molecule is CCCCCc1ccc(Nc2ccccc2-c2cc(-c3ccc4c(c3)C(C)(C)c3ccccc3-4)c3c4cc(C(C)(C)C)ccc4n4c3c2Bc2cc3c(cc2-4)-c2ccccc2C3(C)C)cc1. The van der Waals surface area contributed by atoms with Crippen molar-refractivity contribution in [3.8, 4) is 50.2 Å². The molecule has 324 valence electrons. The Hall–Kier alpha value is -6.58. The Kier molecular flexibility index (Phi) is 9.12. The number of unbranched alkanes of at least 4 members (excludes halogenated alkanes) is 2. The minimum absolute atomic E-state index is 0.0125. The first-order valence-electron chi connectivity index (χ1n) is 24.5. The number of nitrogens with one attached hydrogen (secondary N) is 1. The number of anilines is 2. The van der Waals surface area contributed by atoms with Crippen molar-refractivity contribution in [2.24, 2.45) is 0 Å². The van der Waals surface area contributed by atoms with Crippen LogP contribution in [0.5, 0.6) is 0 Å². The fourth-order valence-electron chi connectivity index (χ4n) is 12.2. The van der Waals surface area contributed by atoms with E-state index >= 15 is 0 Å². The summed E-state index contributed by atoms with van der Waals surface area (Å²) < 4.78 is 2.66. The van der Waals surface area contributed by atoms with Crippen molar-refractivity contribution in [1.29, 1.82) is 0 Å². The summed E-state index contributed by atoms with van der Waals surface area (Å²) in [4.78, 5) is 0. The highest BCUT2D eigenvalue weighted by Crippen LogP contribution is 2.53. The van der Waals surface area contributed by atoms with E-state index in [1.807, 2.05) is 0 Å². The van der Waals surface area contributed by atoms with Crippen LogP contribution >= 0.6 is 0 Å². The number of benzene rings is 8. The van der Waals surface area contributed by atoms with Crippen molar-refractivity contribution in [2.45, 2.75) is 97.3 Å². The summed E-state index contributed by atoms with van der Waals surface area (Å²) in [5.74, 6) is 0. The number of nitrogens with zero attached hydrogens (tertiary/aromatic N) is 1. The van der Waals surface area contributed by atoms with E-state index in [0.29, 0.717) is 0 Å². The molecular weight excluding hydrogens is 796 g/mol. The predicted octanol–water partition coefficient (Wildman–Crippen LogP) is 15.2. The Morgan fingerprint density at radius 1 is 0.561 bits per heavy atom. The molecule has 0 bridgehead atoms. The van der Waals surface area contributed by atoms with E-state index in [0.717, 1.165) is 25.1 Å². The standard InChI is InChI=1S/C63H59BN2/c1-9-10-11-18-38-25-29-41(30-26-38)65-55-24-17-14-21-45(55)48-35-46(39-27-31-44-42-19-12-15-22-50(42)62(5,6)52(44)33-39)58-49-34-40(61(2,3)4)28-32-56(49)66-57-36-47-43-20-13-16-23-51(43)63(7,8)53(47)37-54(57)64-59(48)60(58)66/h12-17,19-37,64-65H,9-11,18H2,1-8H3. The van der Waals surface area contributed by atoms with Crippen LogP contribution in [0.4, 0.5) is 11.4 Å². The van der Waals surface area contributed by atoms with Gasteiger partial charge in [0.2, 0.25) is 0 Å². The molecule has 1 aromatic heterocycles. The molecule has 8 aromatic carbocycles. The topological polar surface area (TPSA) is 17.0 Å². The molecule has 0 saturated carbocycles. The molecular formula is C63H59BN2. The summed E-state index contributed by atoms with van der Waals surface area (Å²) in [5.41, 5.74) is 27.6. The van der Waals surface area contributed by atoms with Gasteiger partial charge < -0.3 is 9.88 Å². The van der Waals surface area contributed by atoms with Crippen molar-refractivity contribution in [3.63, 3.8) is 0 Å². The summed E-state index contributed by atoms with van der Waals surface area (Å²) in [6.45, 7) is 18.9. The minimum Gasteiger partial charge on any atom is -0.355 e. The Labute approximate surface area is 392 Å². The molecule has 1 N–H and O–H groups in total. The zero-order chi connectivity index (χ0) is 45.3. The van der Waals surface area contributed by atoms with Crippen LogP contribution in [-0.2, 0) is 22.7 Å².